The van der Waals surface area contributed by atoms with Crippen LogP contribution in [0.15, 0.2) is 176 Å². The molecule has 0 saturated carbocycles. The van der Waals surface area contributed by atoms with Gasteiger partial charge in [-0.25, -0.2) is 4.85 Å². The molecule has 3 heterocycles. The van der Waals surface area contributed by atoms with Crippen LogP contribution in [-0.2, 0) is 0 Å². The van der Waals surface area contributed by atoms with Crippen LogP contribution < -0.4 is 0 Å². The highest BCUT2D eigenvalue weighted by atomic mass is 15.0. The lowest BCUT2D eigenvalue weighted by atomic mass is 9.98. The minimum atomic E-state index is 0.578. The first kappa shape index (κ1) is 30.7. The maximum atomic E-state index is 10.9. The second-order valence-electron chi connectivity index (χ2n) is 13.9. The van der Waals surface area contributed by atoms with Crippen LogP contribution in [-0.4, -0.2) is 13.7 Å². The van der Waals surface area contributed by atoms with Crippen molar-refractivity contribution < 1.29 is 0 Å². The molecule has 254 valence electrons. The highest BCUT2D eigenvalue weighted by Crippen LogP contribution is 2.45. The topological polar surface area (TPSA) is 42.9 Å². The zero-order chi connectivity index (χ0) is 36.6. The largest absolute Gasteiger partial charge is 0.310 e. The Balaban J connectivity index is 1.25. The molecular formula is C50H29N5. The summed E-state index contributed by atoms with van der Waals surface area (Å²) in [7, 11) is 0. The second kappa shape index (κ2) is 11.8. The van der Waals surface area contributed by atoms with E-state index in [9.17, 15) is 5.26 Å². The maximum absolute atomic E-state index is 10.9. The molecule has 0 aliphatic heterocycles. The van der Waals surface area contributed by atoms with Gasteiger partial charge >= 0.3 is 0 Å². The Morgan fingerprint density at radius 1 is 0.400 bits per heavy atom. The van der Waals surface area contributed by atoms with E-state index in [1.165, 1.54) is 10.8 Å². The van der Waals surface area contributed by atoms with Gasteiger partial charge in [0.2, 0.25) is 0 Å². The van der Waals surface area contributed by atoms with Crippen LogP contribution in [0.3, 0.4) is 0 Å². The zero-order valence-corrected chi connectivity index (χ0v) is 29.5. The van der Waals surface area contributed by atoms with Crippen molar-refractivity contribution in [3.05, 3.63) is 193 Å². The number of fused-ring (bicyclic) bond motifs is 9. The van der Waals surface area contributed by atoms with Gasteiger partial charge in [0.15, 0.2) is 5.69 Å². The molecule has 5 nitrogen and oxygen atoms in total. The number of rotatable bonds is 4. The summed E-state index contributed by atoms with van der Waals surface area (Å²) in [6.07, 6.45) is 0. The van der Waals surface area contributed by atoms with Crippen molar-refractivity contribution in [2.75, 3.05) is 0 Å². The molecule has 55 heavy (non-hydrogen) atoms. The summed E-state index contributed by atoms with van der Waals surface area (Å²) in [5, 5.41) is 17.5. The van der Waals surface area contributed by atoms with Crippen LogP contribution in [0.1, 0.15) is 5.56 Å². The highest BCUT2D eigenvalue weighted by molar-refractivity contribution is 6.18. The van der Waals surface area contributed by atoms with Gasteiger partial charge in [-0.1, -0.05) is 121 Å². The molecule has 0 unspecified atom stereocenters. The fourth-order valence-electron chi connectivity index (χ4n) is 8.95. The average Bonchev–Trinajstić information content (AvgIpc) is 3.89. The number of benzene rings is 8. The maximum Gasteiger partial charge on any atom is 0.197 e. The Bertz CT molecular complexity index is 3420. The lowest BCUT2D eigenvalue weighted by molar-refractivity contribution is 1.15. The van der Waals surface area contributed by atoms with E-state index in [4.69, 9.17) is 6.57 Å². The molecule has 0 fully saturated rings. The highest BCUT2D eigenvalue weighted by Gasteiger charge is 2.24. The minimum absolute atomic E-state index is 0.578. The quantitative estimate of drug-likeness (QED) is 0.169. The van der Waals surface area contributed by atoms with E-state index >= 15 is 0 Å². The van der Waals surface area contributed by atoms with Gasteiger partial charge in [-0.15, -0.1) is 0 Å². The van der Waals surface area contributed by atoms with E-state index in [-0.39, 0.29) is 0 Å². The number of nitrogens with zero attached hydrogens (tertiary/aromatic N) is 5. The number of aromatic nitrogens is 3. The number of hydrogen-bond acceptors (Lipinski definition) is 1. The number of nitriles is 1. The molecule has 0 atom stereocenters. The predicted molar refractivity (Wildman–Crippen MR) is 226 cm³/mol. The van der Waals surface area contributed by atoms with Gasteiger partial charge in [0.25, 0.3) is 0 Å². The van der Waals surface area contributed by atoms with Crippen molar-refractivity contribution in [2.24, 2.45) is 0 Å². The van der Waals surface area contributed by atoms with E-state index in [1.54, 1.807) is 0 Å². The molecule has 0 aliphatic rings. The third-order valence-electron chi connectivity index (χ3n) is 11.1. The van der Waals surface area contributed by atoms with Gasteiger partial charge in [0.05, 0.1) is 56.8 Å². The molecule has 0 saturated heterocycles. The summed E-state index contributed by atoms with van der Waals surface area (Å²) >= 11 is 0. The molecule has 0 bridgehead atoms. The van der Waals surface area contributed by atoms with E-state index in [0.29, 0.717) is 11.3 Å². The van der Waals surface area contributed by atoms with Crippen LogP contribution in [0.25, 0.3) is 98.5 Å². The first-order chi connectivity index (χ1) is 27.3. The lowest BCUT2D eigenvalue weighted by Gasteiger charge is -2.19. The van der Waals surface area contributed by atoms with Crippen LogP contribution >= 0.6 is 0 Å². The zero-order valence-electron chi connectivity index (χ0n) is 29.5. The first-order valence-electron chi connectivity index (χ1n) is 18.3. The molecule has 0 spiro atoms. The molecule has 0 aliphatic carbocycles. The van der Waals surface area contributed by atoms with Crippen molar-refractivity contribution in [3.8, 4) is 34.3 Å². The van der Waals surface area contributed by atoms with Gasteiger partial charge in [-0.05, 0) is 60.0 Å². The fraction of sp³-hybridized carbons (Fsp3) is 0. The van der Waals surface area contributed by atoms with E-state index in [1.807, 2.05) is 36.4 Å². The van der Waals surface area contributed by atoms with Gasteiger partial charge < -0.3 is 13.7 Å². The smallest absolute Gasteiger partial charge is 0.197 e. The Hall–Kier alpha value is -7.86. The van der Waals surface area contributed by atoms with Crippen LogP contribution in [0, 0.1) is 17.9 Å². The van der Waals surface area contributed by atoms with Crippen molar-refractivity contribution in [3.63, 3.8) is 0 Å². The van der Waals surface area contributed by atoms with Gasteiger partial charge in [0.1, 0.15) is 6.07 Å². The SMILES string of the molecule is [C-]#[N+]c1cccc2c1c1ccccc1n2-c1ccccc1-c1cccc(C#N)c1-n1c2ccccc2c2c(-n3c4ccccc4c4ccccc43)cccc21. The molecule has 0 amide bonds. The molecule has 5 heteroatoms. The molecule has 11 aromatic rings. The van der Waals surface area contributed by atoms with E-state index in [2.05, 4.69) is 164 Å². The second-order valence-corrected chi connectivity index (χ2v) is 13.9. The monoisotopic (exact) mass is 699 g/mol. The van der Waals surface area contributed by atoms with Crippen LogP contribution in [0.2, 0.25) is 0 Å². The first-order valence-corrected chi connectivity index (χ1v) is 18.3. The minimum Gasteiger partial charge on any atom is -0.310 e. The Morgan fingerprint density at radius 3 is 1.53 bits per heavy atom. The molecule has 0 radical (unpaired) electrons. The Kier molecular flexibility index (Phi) is 6.61. The molecular weight excluding hydrogens is 671 g/mol. The molecule has 3 aromatic heterocycles. The van der Waals surface area contributed by atoms with E-state index in [0.717, 1.165) is 82.8 Å². The van der Waals surface area contributed by atoms with Crippen molar-refractivity contribution >= 4 is 71.1 Å². The summed E-state index contributed by atoms with van der Waals surface area (Å²) in [5.74, 6) is 0. The third-order valence-corrected chi connectivity index (χ3v) is 11.1. The van der Waals surface area contributed by atoms with Gasteiger partial charge in [-0.2, -0.15) is 5.26 Å². The molecule has 0 N–H and O–H groups in total. The predicted octanol–water partition coefficient (Wildman–Crippen LogP) is 13.1. The third kappa shape index (κ3) is 4.27. The van der Waals surface area contributed by atoms with Crippen molar-refractivity contribution in [1.29, 1.82) is 5.26 Å². The molecule has 8 aromatic carbocycles. The normalized spacial score (nSPS) is 11.6. The summed E-state index contributed by atoms with van der Waals surface area (Å²) in [5.41, 5.74) is 12.3. The fourth-order valence-corrected chi connectivity index (χ4v) is 8.95. The Labute approximate surface area is 316 Å². The number of hydrogen-bond donors (Lipinski definition) is 0. The van der Waals surface area contributed by atoms with Crippen molar-refractivity contribution in [1.82, 2.24) is 13.7 Å². The summed E-state index contributed by atoms with van der Waals surface area (Å²) < 4.78 is 6.94. The van der Waals surface area contributed by atoms with Gasteiger partial charge in [0, 0.05) is 43.6 Å². The van der Waals surface area contributed by atoms with Crippen LogP contribution in [0.4, 0.5) is 5.69 Å². The van der Waals surface area contributed by atoms with Crippen LogP contribution in [0.5, 0.6) is 0 Å². The standard InChI is InChI=1S/C50H29N5/c1-52-39-22-13-28-45-48(39)37-19-5-10-26-43(37)54(45)42-25-9-4-18-35(42)36-21-12-15-32(31-51)50(36)55-44-27-11-6-20-38(44)49-46(29-14-30-47(49)55)53-40-23-7-2-16-33(40)34-17-3-8-24-41(34)53/h2-30H. The summed E-state index contributed by atoms with van der Waals surface area (Å²) in [4.78, 5) is 3.92. The molecule has 11 rings (SSSR count). The van der Waals surface area contributed by atoms with Crippen molar-refractivity contribution in [2.45, 2.75) is 0 Å². The Morgan fingerprint density at radius 2 is 0.855 bits per heavy atom. The lowest BCUT2D eigenvalue weighted by Crippen LogP contribution is -2.03. The summed E-state index contributed by atoms with van der Waals surface area (Å²) in [6.45, 7) is 8.00. The summed E-state index contributed by atoms with van der Waals surface area (Å²) in [6, 6.07) is 63.5. The van der Waals surface area contributed by atoms with Gasteiger partial charge in [-0.3, -0.25) is 0 Å². The number of para-hydroxylation sites is 6. The van der Waals surface area contributed by atoms with E-state index < -0.39 is 0 Å². The average molecular weight is 700 g/mol.